The molecular formula is C27H33NO4. The molecule has 1 aliphatic rings. The van der Waals surface area contributed by atoms with Crippen LogP contribution in [0.3, 0.4) is 0 Å². The molecule has 1 saturated heterocycles. The number of likely N-dealkylation sites (tertiary alicyclic amines) is 1. The Morgan fingerprint density at radius 3 is 2.28 bits per heavy atom. The van der Waals surface area contributed by atoms with Gasteiger partial charge in [0.05, 0.1) is 24.3 Å². The van der Waals surface area contributed by atoms with Gasteiger partial charge in [-0.25, -0.2) is 0 Å². The van der Waals surface area contributed by atoms with Gasteiger partial charge in [0.25, 0.3) is 11.7 Å². The topological polar surface area (TPSA) is 66.8 Å². The van der Waals surface area contributed by atoms with Crippen molar-refractivity contribution in [2.24, 2.45) is 0 Å². The number of Topliss-reactive ketones (excluding diaryl/α,β-unsaturated/α-hetero) is 1. The second-order valence-corrected chi connectivity index (χ2v) is 9.05. The zero-order chi connectivity index (χ0) is 23.6. The van der Waals surface area contributed by atoms with Crippen LogP contribution < -0.4 is 0 Å². The molecule has 2 aromatic carbocycles. The van der Waals surface area contributed by atoms with E-state index in [9.17, 15) is 14.7 Å². The summed E-state index contributed by atoms with van der Waals surface area (Å²) in [6, 6.07) is 13.0. The van der Waals surface area contributed by atoms with Gasteiger partial charge in [-0.15, -0.1) is 0 Å². The van der Waals surface area contributed by atoms with Crippen molar-refractivity contribution in [3.05, 3.63) is 75.9 Å². The zero-order valence-electron chi connectivity index (χ0n) is 19.8. The van der Waals surface area contributed by atoms with Crippen molar-refractivity contribution in [3.63, 3.8) is 0 Å². The molecule has 0 aromatic heterocycles. The van der Waals surface area contributed by atoms with Crippen LogP contribution in [0.25, 0.3) is 5.76 Å². The summed E-state index contributed by atoms with van der Waals surface area (Å²) in [5.74, 6) is -1.03. The van der Waals surface area contributed by atoms with Crippen molar-refractivity contribution >= 4 is 17.4 Å². The van der Waals surface area contributed by atoms with Crippen LogP contribution in [-0.4, -0.2) is 41.0 Å². The molecular weight excluding hydrogens is 402 g/mol. The minimum absolute atomic E-state index is 0.0190. The lowest BCUT2D eigenvalue weighted by atomic mass is 9.92. The molecule has 1 fully saturated rings. The first-order valence-corrected chi connectivity index (χ1v) is 11.2. The fourth-order valence-corrected chi connectivity index (χ4v) is 4.04. The largest absolute Gasteiger partial charge is 0.507 e. The number of nitrogens with zero attached hydrogens (tertiary/aromatic N) is 1. The van der Waals surface area contributed by atoms with E-state index in [2.05, 4.69) is 13.8 Å². The number of ether oxygens (including phenoxy) is 1. The maximum absolute atomic E-state index is 13.1. The van der Waals surface area contributed by atoms with Gasteiger partial charge in [0.1, 0.15) is 5.76 Å². The normalized spacial score (nSPS) is 18.2. The SMILES string of the molecule is Cc1ccc(C)c(/C(O)=C2\C(=O)C(=O)N(CCOC(C)C)C2c2ccc(C(C)C)cc2)c1. The number of aryl methyl sites for hydroxylation is 2. The number of benzene rings is 2. The van der Waals surface area contributed by atoms with Gasteiger partial charge < -0.3 is 14.7 Å². The third kappa shape index (κ3) is 4.78. The highest BCUT2D eigenvalue weighted by Gasteiger charge is 2.46. The monoisotopic (exact) mass is 435 g/mol. The van der Waals surface area contributed by atoms with Crippen molar-refractivity contribution in [2.75, 3.05) is 13.2 Å². The van der Waals surface area contributed by atoms with Crippen LogP contribution in [0.4, 0.5) is 0 Å². The van der Waals surface area contributed by atoms with Crippen molar-refractivity contribution in [1.82, 2.24) is 4.90 Å². The highest BCUT2D eigenvalue weighted by molar-refractivity contribution is 6.46. The molecule has 1 atom stereocenters. The summed E-state index contributed by atoms with van der Waals surface area (Å²) in [6.07, 6.45) is 0.0190. The van der Waals surface area contributed by atoms with E-state index in [0.29, 0.717) is 18.1 Å². The summed E-state index contributed by atoms with van der Waals surface area (Å²) in [4.78, 5) is 27.7. The summed E-state index contributed by atoms with van der Waals surface area (Å²) in [7, 11) is 0. The van der Waals surface area contributed by atoms with E-state index in [0.717, 1.165) is 16.7 Å². The fraction of sp³-hybridized carbons (Fsp3) is 0.407. The average Bonchev–Trinajstić information content (AvgIpc) is 2.99. The van der Waals surface area contributed by atoms with Crippen LogP contribution in [0.1, 0.15) is 67.5 Å². The van der Waals surface area contributed by atoms with Gasteiger partial charge in [-0.05, 0) is 56.4 Å². The molecule has 1 aliphatic heterocycles. The number of rotatable bonds is 7. The summed E-state index contributed by atoms with van der Waals surface area (Å²) in [5, 5.41) is 11.3. The van der Waals surface area contributed by atoms with Gasteiger partial charge in [0, 0.05) is 12.1 Å². The van der Waals surface area contributed by atoms with Gasteiger partial charge >= 0.3 is 0 Å². The summed E-state index contributed by atoms with van der Waals surface area (Å²) in [5.41, 5.74) is 4.48. The number of hydrogen-bond donors (Lipinski definition) is 1. The number of aliphatic hydroxyl groups excluding tert-OH is 1. The molecule has 170 valence electrons. The highest BCUT2D eigenvalue weighted by Crippen LogP contribution is 2.40. The van der Waals surface area contributed by atoms with Crippen molar-refractivity contribution < 1.29 is 19.4 Å². The van der Waals surface area contributed by atoms with E-state index in [1.54, 1.807) is 0 Å². The second-order valence-electron chi connectivity index (χ2n) is 9.05. The van der Waals surface area contributed by atoms with Crippen LogP contribution in [0, 0.1) is 13.8 Å². The summed E-state index contributed by atoms with van der Waals surface area (Å²) < 4.78 is 5.65. The summed E-state index contributed by atoms with van der Waals surface area (Å²) >= 11 is 0. The highest BCUT2D eigenvalue weighted by atomic mass is 16.5. The fourth-order valence-electron chi connectivity index (χ4n) is 4.04. The third-order valence-electron chi connectivity index (χ3n) is 5.89. The van der Waals surface area contributed by atoms with Gasteiger partial charge in [-0.1, -0.05) is 55.8 Å². The van der Waals surface area contributed by atoms with Crippen molar-refractivity contribution in [3.8, 4) is 0 Å². The van der Waals surface area contributed by atoms with Crippen molar-refractivity contribution in [2.45, 2.75) is 59.6 Å². The minimum Gasteiger partial charge on any atom is -0.507 e. The van der Waals surface area contributed by atoms with Crippen LogP contribution in [0.15, 0.2) is 48.0 Å². The van der Waals surface area contributed by atoms with E-state index < -0.39 is 17.7 Å². The molecule has 1 amide bonds. The number of ketones is 1. The van der Waals surface area contributed by atoms with Gasteiger partial charge in [-0.2, -0.15) is 0 Å². The minimum atomic E-state index is -0.661. The third-order valence-corrected chi connectivity index (χ3v) is 5.89. The van der Waals surface area contributed by atoms with E-state index in [1.807, 2.05) is 70.2 Å². The average molecular weight is 436 g/mol. The van der Waals surface area contributed by atoms with Crippen LogP contribution in [0.5, 0.6) is 0 Å². The first kappa shape index (κ1) is 23.7. The quantitative estimate of drug-likeness (QED) is 0.365. The molecule has 1 heterocycles. The number of carbonyl (C=O) groups is 2. The van der Waals surface area contributed by atoms with E-state index in [-0.39, 0.29) is 24.0 Å². The summed E-state index contributed by atoms with van der Waals surface area (Å²) in [6.45, 7) is 12.5. The standard InChI is InChI=1S/C27H33NO4/c1-16(2)20-9-11-21(12-10-20)24-23(25(29)22-15-18(5)7-8-19(22)6)26(30)27(31)28(24)13-14-32-17(3)4/h7-12,15-17,24,29H,13-14H2,1-6H3/b25-23+. The Hall–Kier alpha value is -2.92. The molecule has 3 rings (SSSR count). The predicted octanol–water partition coefficient (Wildman–Crippen LogP) is 5.27. The Bertz CT molecular complexity index is 1030. The van der Waals surface area contributed by atoms with E-state index in [4.69, 9.17) is 4.74 Å². The number of carbonyl (C=O) groups excluding carboxylic acids is 2. The number of amides is 1. The lowest BCUT2D eigenvalue weighted by Crippen LogP contribution is -2.33. The molecule has 5 nitrogen and oxygen atoms in total. The Kier molecular flexibility index (Phi) is 7.19. The number of aliphatic hydroxyl groups is 1. The lowest BCUT2D eigenvalue weighted by Gasteiger charge is -2.26. The van der Waals surface area contributed by atoms with Gasteiger partial charge in [0.2, 0.25) is 0 Å². The van der Waals surface area contributed by atoms with E-state index >= 15 is 0 Å². The van der Waals surface area contributed by atoms with Crippen LogP contribution in [0.2, 0.25) is 0 Å². The lowest BCUT2D eigenvalue weighted by molar-refractivity contribution is -0.140. The zero-order valence-corrected chi connectivity index (χ0v) is 19.8. The molecule has 5 heteroatoms. The first-order chi connectivity index (χ1) is 15.1. The smallest absolute Gasteiger partial charge is 0.295 e. The molecule has 0 bridgehead atoms. The maximum atomic E-state index is 13.1. The molecule has 0 saturated carbocycles. The van der Waals surface area contributed by atoms with Gasteiger partial charge in [-0.3, -0.25) is 9.59 Å². The van der Waals surface area contributed by atoms with E-state index in [1.165, 1.54) is 10.5 Å². The Morgan fingerprint density at radius 1 is 1.03 bits per heavy atom. The molecule has 2 aromatic rings. The predicted molar refractivity (Wildman–Crippen MR) is 127 cm³/mol. The van der Waals surface area contributed by atoms with Gasteiger partial charge in [0.15, 0.2) is 0 Å². The molecule has 32 heavy (non-hydrogen) atoms. The van der Waals surface area contributed by atoms with Crippen LogP contribution in [-0.2, 0) is 14.3 Å². The Morgan fingerprint density at radius 2 is 1.69 bits per heavy atom. The number of hydrogen-bond acceptors (Lipinski definition) is 4. The first-order valence-electron chi connectivity index (χ1n) is 11.2. The molecule has 0 aliphatic carbocycles. The molecule has 0 spiro atoms. The Labute approximate surface area is 190 Å². The second kappa shape index (κ2) is 9.70. The molecule has 0 radical (unpaired) electrons. The maximum Gasteiger partial charge on any atom is 0.295 e. The van der Waals surface area contributed by atoms with Crippen LogP contribution >= 0.6 is 0 Å². The molecule has 1 unspecified atom stereocenters. The molecule has 1 N–H and O–H groups in total. The Balaban J connectivity index is 2.13. The van der Waals surface area contributed by atoms with Crippen molar-refractivity contribution in [1.29, 1.82) is 0 Å².